The van der Waals surface area contributed by atoms with Gasteiger partial charge in [0.15, 0.2) is 6.29 Å². The van der Waals surface area contributed by atoms with Crippen molar-refractivity contribution in [3.8, 4) is 0 Å². The standard InChI is InChI=1S/C24H32O4Si/c1-6-24(17-21(25)22(26-5)28-24)18-27-29(23(2,3)4,19-13-9-7-10-14-19)20-15-11-8-12-16-20/h6-16,21-22,25H,1,17-18H2,2-5H3/t21-,22-,24+/m1/s1. The molecule has 3 rings (SSSR count). The van der Waals surface area contributed by atoms with Gasteiger partial charge in [0, 0.05) is 13.5 Å². The first-order valence-electron chi connectivity index (χ1n) is 10.1. The van der Waals surface area contributed by atoms with Gasteiger partial charge in [-0.15, -0.1) is 6.58 Å². The van der Waals surface area contributed by atoms with Crippen molar-refractivity contribution in [1.29, 1.82) is 0 Å². The van der Waals surface area contributed by atoms with E-state index in [-0.39, 0.29) is 5.04 Å². The molecule has 0 unspecified atom stereocenters. The first-order chi connectivity index (χ1) is 13.8. The fourth-order valence-corrected chi connectivity index (χ4v) is 8.91. The predicted octanol–water partition coefficient (Wildman–Crippen LogP) is 3.24. The zero-order valence-electron chi connectivity index (χ0n) is 17.8. The van der Waals surface area contributed by atoms with Crippen molar-refractivity contribution in [2.45, 2.75) is 50.2 Å². The maximum Gasteiger partial charge on any atom is 0.261 e. The molecule has 29 heavy (non-hydrogen) atoms. The molecule has 1 aliphatic heterocycles. The van der Waals surface area contributed by atoms with Gasteiger partial charge in [-0.1, -0.05) is 87.5 Å². The number of methoxy groups -OCH3 is 1. The maximum atomic E-state index is 10.3. The quantitative estimate of drug-likeness (QED) is 0.560. The lowest BCUT2D eigenvalue weighted by Crippen LogP contribution is -2.67. The molecule has 156 valence electrons. The van der Waals surface area contributed by atoms with Crippen LogP contribution >= 0.6 is 0 Å². The summed E-state index contributed by atoms with van der Waals surface area (Å²) in [6.45, 7) is 11.0. The Balaban J connectivity index is 2.06. The molecule has 2 aromatic carbocycles. The molecule has 5 heteroatoms. The summed E-state index contributed by atoms with van der Waals surface area (Å²) in [7, 11) is -1.15. The topological polar surface area (TPSA) is 47.9 Å². The smallest absolute Gasteiger partial charge is 0.261 e. The van der Waals surface area contributed by atoms with Crippen LogP contribution in [-0.2, 0) is 13.9 Å². The van der Waals surface area contributed by atoms with E-state index in [4.69, 9.17) is 13.9 Å². The van der Waals surface area contributed by atoms with E-state index in [1.165, 1.54) is 17.5 Å². The molecular weight excluding hydrogens is 380 g/mol. The maximum absolute atomic E-state index is 10.3. The average molecular weight is 413 g/mol. The highest BCUT2D eigenvalue weighted by molar-refractivity contribution is 6.99. The molecule has 3 atom stereocenters. The summed E-state index contributed by atoms with van der Waals surface area (Å²) < 4.78 is 18.3. The molecular formula is C24H32O4Si. The Labute approximate surface area is 175 Å². The molecule has 4 nitrogen and oxygen atoms in total. The lowest BCUT2D eigenvalue weighted by atomic mass is 10.0. The number of benzene rings is 2. The Morgan fingerprint density at radius 3 is 2.00 bits per heavy atom. The number of hydrogen-bond donors (Lipinski definition) is 1. The van der Waals surface area contributed by atoms with E-state index >= 15 is 0 Å². The fraction of sp³-hybridized carbons (Fsp3) is 0.417. The van der Waals surface area contributed by atoms with Gasteiger partial charge in [-0.3, -0.25) is 0 Å². The zero-order valence-corrected chi connectivity index (χ0v) is 18.8. The normalized spacial score (nSPS) is 25.1. The molecule has 1 N–H and O–H groups in total. The molecule has 2 aromatic rings. The van der Waals surface area contributed by atoms with Crippen molar-refractivity contribution >= 4 is 18.7 Å². The second kappa shape index (κ2) is 8.54. The first-order valence-corrected chi connectivity index (χ1v) is 12.0. The summed E-state index contributed by atoms with van der Waals surface area (Å²) in [5.74, 6) is 0. The van der Waals surface area contributed by atoms with Crippen LogP contribution in [0.1, 0.15) is 27.2 Å². The Morgan fingerprint density at radius 1 is 1.10 bits per heavy atom. The fourth-order valence-electron chi connectivity index (χ4n) is 4.29. The molecule has 1 heterocycles. The van der Waals surface area contributed by atoms with Gasteiger partial charge in [0.05, 0.1) is 6.61 Å². The second-order valence-electron chi connectivity index (χ2n) is 8.71. The molecule has 0 bridgehead atoms. The molecule has 0 radical (unpaired) electrons. The van der Waals surface area contributed by atoms with E-state index in [1.807, 2.05) is 12.1 Å². The third-order valence-electron chi connectivity index (χ3n) is 5.77. The third-order valence-corrected chi connectivity index (χ3v) is 10.8. The van der Waals surface area contributed by atoms with E-state index in [0.29, 0.717) is 13.0 Å². The zero-order chi connectivity index (χ0) is 21.1. The van der Waals surface area contributed by atoms with Crippen molar-refractivity contribution in [2.75, 3.05) is 13.7 Å². The largest absolute Gasteiger partial charge is 0.404 e. The predicted molar refractivity (Wildman–Crippen MR) is 119 cm³/mol. The summed E-state index contributed by atoms with van der Waals surface area (Å²) in [5.41, 5.74) is -0.785. The van der Waals surface area contributed by atoms with Gasteiger partial charge in [-0.05, 0) is 15.4 Å². The Kier molecular flexibility index (Phi) is 6.46. The van der Waals surface area contributed by atoms with E-state index in [0.717, 1.165) is 0 Å². The van der Waals surface area contributed by atoms with Crippen LogP contribution in [0.25, 0.3) is 0 Å². The molecule has 0 spiro atoms. The molecule has 0 amide bonds. The van der Waals surface area contributed by atoms with E-state index in [9.17, 15) is 5.11 Å². The van der Waals surface area contributed by atoms with Gasteiger partial charge in [0.25, 0.3) is 8.32 Å². The number of aliphatic hydroxyl groups excluding tert-OH is 1. The lowest BCUT2D eigenvalue weighted by Gasteiger charge is -2.44. The van der Waals surface area contributed by atoms with Gasteiger partial charge < -0.3 is 19.0 Å². The molecule has 0 aliphatic carbocycles. The molecule has 0 saturated carbocycles. The van der Waals surface area contributed by atoms with Crippen molar-refractivity contribution in [3.05, 3.63) is 73.3 Å². The van der Waals surface area contributed by atoms with Crippen LogP contribution in [0.3, 0.4) is 0 Å². The van der Waals surface area contributed by atoms with E-state index in [1.54, 1.807) is 6.08 Å². The summed E-state index contributed by atoms with van der Waals surface area (Å²) in [6, 6.07) is 21.0. The minimum atomic E-state index is -2.68. The highest BCUT2D eigenvalue weighted by Crippen LogP contribution is 2.39. The van der Waals surface area contributed by atoms with Gasteiger partial charge in [0.1, 0.15) is 11.7 Å². The van der Waals surface area contributed by atoms with E-state index in [2.05, 4.69) is 75.9 Å². The van der Waals surface area contributed by atoms with Gasteiger partial charge >= 0.3 is 0 Å². The van der Waals surface area contributed by atoms with Crippen LogP contribution in [0.2, 0.25) is 5.04 Å². The van der Waals surface area contributed by atoms with E-state index < -0.39 is 26.3 Å². The first kappa shape index (κ1) is 21.9. The summed E-state index contributed by atoms with van der Waals surface area (Å²) >= 11 is 0. The van der Waals surface area contributed by atoms with Crippen molar-refractivity contribution in [3.63, 3.8) is 0 Å². The summed E-state index contributed by atoms with van der Waals surface area (Å²) in [4.78, 5) is 0. The van der Waals surface area contributed by atoms with Gasteiger partial charge in [0.2, 0.25) is 0 Å². The summed E-state index contributed by atoms with van der Waals surface area (Å²) in [5, 5.41) is 12.6. The van der Waals surface area contributed by atoms with Gasteiger partial charge in [-0.2, -0.15) is 0 Å². The minimum Gasteiger partial charge on any atom is -0.404 e. The number of ether oxygens (including phenoxy) is 2. The van der Waals surface area contributed by atoms with Crippen LogP contribution < -0.4 is 10.4 Å². The molecule has 1 fully saturated rings. The molecule has 0 aromatic heterocycles. The Morgan fingerprint density at radius 2 is 1.62 bits per heavy atom. The monoisotopic (exact) mass is 412 g/mol. The molecule has 1 aliphatic rings. The Hall–Kier alpha value is -1.76. The highest BCUT2D eigenvalue weighted by Gasteiger charge is 2.53. The number of aliphatic hydroxyl groups is 1. The van der Waals surface area contributed by atoms with Crippen molar-refractivity contribution in [1.82, 2.24) is 0 Å². The molecule has 1 saturated heterocycles. The SMILES string of the molecule is C=C[C@@]1(CO[Si](c2ccccc2)(c2ccccc2)C(C)(C)C)C[C@@H](O)[C@H](OC)O1. The van der Waals surface area contributed by atoms with Crippen LogP contribution in [0, 0.1) is 0 Å². The average Bonchev–Trinajstić information content (AvgIpc) is 3.05. The van der Waals surface area contributed by atoms with Crippen LogP contribution in [0.15, 0.2) is 73.3 Å². The number of rotatable bonds is 7. The van der Waals surface area contributed by atoms with Crippen LogP contribution in [-0.4, -0.2) is 45.1 Å². The van der Waals surface area contributed by atoms with Crippen molar-refractivity contribution < 1.29 is 19.0 Å². The highest BCUT2D eigenvalue weighted by atomic mass is 28.4. The minimum absolute atomic E-state index is 0.129. The Bertz CT molecular complexity index is 763. The lowest BCUT2D eigenvalue weighted by molar-refractivity contribution is -0.170. The van der Waals surface area contributed by atoms with Gasteiger partial charge in [-0.25, -0.2) is 0 Å². The third kappa shape index (κ3) is 4.11. The van der Waals surface area contributed by atoms with Crippen LogP contribution in [0.5, 0.6) is 0 Å². The van der Waals surface area contributed by atoms with Crippen LogP contribution in [0.4, 0.5) is 0 Å². The second-order valence-corrected chi connectivity index (χ2v) is 13.0. The number of hydrogen-bond acceptors (Lipinski definition) is 4. The van der Waals surface area contributed by atoms with Crippen molar-refractivity contribution in [2.24, 2.45) is 0 Å². The summed E-state index contributed by atoms with van der Waals surface area (Å²) in [6.07, 6.45) is 0.761.